The predicted octanol–water partition coefficient (Wildman–Crippen LogP) is 4.51. The summed E-state index contributed by atoms with van der Waals surface area (Å²) in [6.07, 6.45) is 5.10. The smallest absolute Gasteiger partial charge is 0.231 e. The van der Waals surface area contributed by atoms with E-state index >= 15 is 0 Å². The number of phenols is 1. The van der Waals surface area contributed by atoms with Gasteiger partial charge in [-0.3, -0.25) is 4.79 Å². The second-order valence-electron chi connectivity index (χ2n) is 6.65. The van der Waals surface area contributed by atoms with Gasteiger partial charge in [-0.25, -0.2) is 0 Å². The summed E-state index contributed by atoms with van der Waals surface area (Å²) in [5.74, 6) is 0.407. The molecule has 0 saturated heterocycles. The molecule has 1 heterocycles. The number of rotatable bonds is 7. The number of nitrogens with one attached hydrogen (secondary N) is 1. The van der Waals surface area contributed by atoms with Crippen LogP contribution < -0.4 is 10.2 Å². The molecule has 26 heavy (non-hydrogen) atoms. The molecular formula is C22H25NO3. The first-order valence-electron chi connectivity index (χ1n) is 9.07. The minimum absolute atomic E-state index is 0.0932. The topological polar surface area (TPSA) is 62.3 Å². The number of phenolic OH excluding ortho intramolecular Hbond substituents is 1. The van der Waals surface area contributed by atoms with Crippen molar-refractivity contribution in [2.75, 3.05) is 7.11 Å². The highest BCUT2D eigenvalue weighted by molar-refractivity contribution is 5.88. The van der Waals surface area contributed by atoms with Crippen molar-refractivity contribution in [3.63, 3.8) is 0 Å². The van der Waals surface area contributed by atoms with E-state index < -0.39 is 0 Å². The van der Waals surface area contributed by atoms with E-state index in [0.29, 0.717) is 22.3 Å². The van der Waals surface area contributed by atoms with Crippen LogP contribution in [0, 0.1) is 6.92 Å². The van der Waals surface area contributed by atoms with Crippen molar-refractivity contribution >= 4 is 10.9 Å². The van der Waals surface area contributed by atoms with Crippen molar-refractivity contribution in [2.24, 2.45) is 0 Å². The number of unbranched alkanes of at least 4 members (excludes halogenated alkanes) is 2. The average molecular weight is 351 g/mol. The Bertz CT molecular complexity index is 945. The number of hydrogen-bond donors (Lipinski definition) is 2. The number of pyridine rings is 1. The maximum atomic E-state index is 12.8. The maximum Gasteiger partial charge on any atom is 0.231 e. The van der Waals surface area contributed by atoms with Crippen LogP contribution in [0.1, 0.15) is 36.1 Å². The van der Waals surface area contributed by atoms with Crippen molar-refractivity contribution in [3.8, 4) is 11.5 Å². The van der Waals surface area contributed by atoms with Gasteiger partial charge in [0.1, 0.15) is 5.75 Å². The second kappa shape index (κ2) is 8.09. The molecule has 0 aliphatic heterocycles. The Morgan fingerprint density at radius 3 is 2.46 bits per heavy atom. The van der Waals surface area contributed by atoms with Crippen molar-refractivity contribution in [2.45, 2.75) is 39.0 Å². The number of benzene rings is 2. The lowest BCUT2D eigenvalue weighted by Crippen LogP contribution is -2.11. The summed E-state index contributed by atoms with van der Waals surface area (Å²) in [5, 5.41) is 10.7. The highest BCUT2D eigenvalue weighted by Crippen LogP contribution is 2.27. The van der Waals surface area contributed by atoms with Gasteiger partial charge in [0.2, 0.25) is 5.43 Å². The molecule has 4 nitrogen and oxygen atoms in total. The van der Waals surface area contributed by atoms with Gasteiger partial charge in [-0.05, 0) is 49.8 Å². The summed E-state index contributed by atoms with van der Waals surface area (Å²) in [4.78, 5) is 15.9. The number of hydrogen-bond acceptors (Lipinski definition) is 3. The van der Waals surface area contributed by atoms with Gasteiger partial charge >= 0.3 is 0 Å². The molecule has 0 unspecified atom stereocenters. The Balaban J connectivity index is 1.74. The minimum atomic E-state index is -0.158. The first kappa shape index (κ1) is 18.1. The molecule has 0 aliphatic carbocycles. The number of aromatic nitrogens is 1. The van der Waals surface area contributed by atoms with Crippen LogP contribution in [0.15, 0.2) is 47.3 Å². The summed E-state index contributed by atoms with van der Waals surface area (Å²) >= 11 is 0. The lowest BCUT2D eigenvalue weighted by molar-refractivity contribution is 0.406. The molecule has 2 N–H and O–H groups in total. The van der Waals surface area contributed by atoms with Gasteiger partial charge in [0, 0.05) is 0 Å². The Kier molecular flexibility index (Phi) is 5.61. The molecule has 0 fully saturated rings. The van der Waals surface area contributed by atoms with E-state index in [0.717, 1.165) is 37.7 Å². The van der Waals surface area contributed by atoms with E-state index in [4.69, 9.17) is 4.74 Å². The molecule has 2 aromatic carbocycles. The average Bonchev–Trinajstić information content (AvgIpc) is 2.64. The largest absolute Gasteiger partial charge is 0.506 e. The van der Waals surface area contributed by atoms with Crippen LogP contribution >= 0.6 is 0 Å². The van der Waals surface area contributed by atoms with Crippen molar-refractivity contribution in [1.82, 2.24) is 4.98 Å². The number of H-pyrrole nitrogens is 1. The fourth-order valence-corrected chi connectivity index (χ4v) is 3.47. The van der Waals surface area contributed by atoms with Crippen molar-refractivity contribution in [1.29, 1.82) is 0 Å². The van der Waals surface area contributed by atoms with Crippen LogP contribution in [0.25, 0.3) is 10.9 Å². The molecule has 1 aromatic heterocycles. The van der Waals surface area contributed by atoms with Crippen molar-refractivity contribution < 1.29 is 9.84 Å². The first-order valence-corrected chi connectivity index (χ1v) is 9.07. The normalized spacial score (nSPS) is 11.0. The van der Waals surface area contributed by atoms with Gasteiger partial charge in [0.15, 0.2) is 5.75 Å². The summed E-state index contributed by atoms with van der Waals surface area (Å²) < 4.78 is 5.25. The number of ether oxygens (including phenoxy) is 1. The molecule has 136 valence electrons. The summed E-state index contributed by atoms with van der Waals surface area (Å²) in [5.41, 5.74) is 3.28. The number of aryl methyl sites for hydroxylation is 3. The van der Waals surface area contributed by atoms with E-state index in [1.54, 1.807) is 13.0 Å². The monoisotopic (exact) mass is 351 g/mol. The molecule has 0 saturated carbocycles. The van der Waals surface area contributed by atoms with Crippen LogP contribution in [-0.2, 0) is 12.8 Å². The van der Waals surface area contributed by atoms with Gasteiger partial charge < -0.3 is 14.8 Å². The van der Waals surface area contributed by atoms with Gasteiger partial charge in [-0.15, -0.1) is 0 Å². The minimum Gasteiger partial charge on any atom is -0.506 e. The SMILES string of the molecule is COc1c(C)[nH]c2c(O)ccc(CCCCCc3ccccc3)c2c1=O. The summed E-state index contributed by atoms with van der Waals surface area (Å²) in [6, 6.07) is 14.0. The molecule has 3 aromatic rings. The lowest BCUT2D eigenvalue weighted by atomic mass is 9.99. The van der Waals surface area contributed by atoms with Crippen LogP contribution in [0.3, 0.4) is 0 Å². The van der Waals surface area contributed by atoms with Gasteiger partial charge in [-0.2, -0.15) is 0 Å². The second-order valence-corrected chi connectivity index (χ2v) is 6.65. The van der Waals surface area contributed by atoms with E-state index in [1.807, 2.05) is 12.1 Å². The fraction of sp³-hybridized carbons (Fsp3) is 0.318. The third kappa shape index (κ3) is 3.74. The number of fused-ring (bicyclic) bond motifs is 1. The Hall–Kier alpha value is -2.75. The quantitative estimate of drug-likeness (QED) is 0.616. The molecule has 3 rings (SSSR count). The zero-order chi connectivity index (χ0) is 18.5. The zero-order valence-corrected chi connectivity index (χ0v) is 15.3. The van der Waals surface area contributed by atoms with E-state index in [-0.39, 0.29) is 11.2 Å². The van der Waals surface area contributed by atoms with Crippen LogP contribution in [0.4, 0.5) is 0 Å². The number of methoxy groups -OCH3 is 1. The molecule has 0 bridgehead atoms. The Morgan fingerprint density at radius 2 is 1.73 bits per heavy atom. The van der Waals surface area contributed by atoms with E-state index in [9.17, 15) is 9.90 Å². The fourth-order valence-electron chi connectivity index (χ4n) is 3.47. The molecule has 0 radical (unpaired) electrons. The maximum absolute atomic E-state index is 12.8. The Labute approximate surface area is 153 Å². The molecular weight excluding hydrogens is 326 g/mol. The molecule has 0 spiro atoms. The standard InChI is InChI=1S/C22H25NO3/c1-15-22(26-2)21(25)19-17(13-14-18(24)20(19)23-15)12-8-4-7-11-16-9-5-3-6-10-16/h3,5-6,9-10,13-14,24H,4,7-8,11-12H2,1-2H3,(H,23,25). The highest BCUT2D eigenvalue weighted by Gasteiger charge is 2.15. The van der Waals surface area contributed by atoms with Crippen molar-refractivity contribution in [3.05, 3.63) is 69.5 Å². The third-order valence-electron chi connectivity index (χ3n) is 4.81. The predicted molar refractivity (Wildman–Crippen MR) is 105 cm³/mol. The Morgan fingerprint density at radius 1 is 1.00 bits per heavy atom. The lowest BCUT2D eigenvalue weighted by Gasteiger charge is -2.11. The van der Waals surface area contributed by atoms with E-state index in [2.05, 4.69) is 29.2 Å². The molecule has 0 aliphatic rings. The molecule has 0 atom stereocenters. The highest BCUT2D eigenvalue weighted by atomic mass is 16.5. The zero-order valence-electron chi connectivity index (χ0n) is 15.3. The third-order valence-corrected chi connectivity index (χ3v) is 4.81. The van der Waals surface area contributed by atoms with Crippen LogP contribution in [-0.4, -0.2) is 17.2 Å². The van der Waals surface area contributed by atoms with Crippen LogP contribution in [0.5, 0.6) is 11.5 Å². The summed E-state index contributed by atoms with van der Waals surface area (Å²) in [7, 11) is 1.50. The first-order chi connectivity index (χ1) is 12.6. The number of aromatic hydroxyl groups is 1. The van der Waals surface area contributed by atoms with E-state index in [1.165, 1.54) is 12.7 Å². The molecule has 4 heteroatoms. The summed E-state index contributed by atoms with van der Waals surface area (Å²) in [6.45, 7) is 1.77. The van der Waals surface area contributed by atoms with Gasteiger partial charge in [0.25, 0.3) is 0 Å². The van der Waals surface area contributed by atoms with Crippen LogP contribution in [0.2, 0.25) is 0 Å². The van der Waals surface area contributed by atoms with Gasteiger partial charge in [-0.1, -0.05) is 42.8 Å². The molecule has 0 amide bonds. The number of aromatic amines is 1. The van der Waals surface area contributed by atoms with Gasteiger partial charge in [0.05, 0.1) is 23.7 Å².